The molecule has 0 aliphatic carbocycles. The number of guanidine groups is 1. The summed E-state index contributed by atoms with van der Waals surface area (Å²) in [5.74, 6) is 1.16. The van der Waals surface area contributed by atoms with Crippen molar-refractivity contribution in [1.82, 2.24) is 10.6 Å². The van der Waals surface area contributed by atoms with E-state index >= 15 is 0 Å². The summed E-state index contributed by atoms with van der Waals surface area (Å²) in [6.45, 7) is 12.1. The minimum absolute atomic E-state index is 0. The molecule has 1 rings (SSSR count). The van der Waals surface area contributed by atoms with Gasteiger partial charge in [0.1, 0.15) is 0 Å². The Hall–Kier alpha value is -0.570. The largest absolute Gasteiger partial charge is 0.469 e. The van der Waals surface area contributed by atoms with E-state index in [0.29, 0.717) is 12.3 Å². The minimum atomic E-state index is -0.147. The SMILES string of the molecule is CCNC(=NCC1CCCOC1C(C)(C)C)NCCCCC(=O)OC.I. The van der Waals surface area contributed by atoms with Crippen molar-refractivity contribution in [3.05, 3.63) is 0 Å². The molecule has 0 spiro atoms. The highest BCUT2D eigenvalue weighted by atomic mass is 127. The molecule has 0 aromatic heterocycles. The summed E-state index contributed by atoms with van der Waals surface area (Å²) < 4.78 is 10.7. The van der Waals surface area contributed by atoms with Crippen LogP contribution < -0.4 is 10.6 Å². The Kier molecular flexibility index (Phi) is 13.3. The van der Waals surface area contributed by atoms with Gasteiger partial charge < -0.3 is 20.1 Å². The van der Waals surface area contributed by atoms with E-state index in [4.69, 9.17) is 9.73 Å². The lowest BCUT2D eigenvalue weighted by Gasteiger charge is -2.39. The van der Waals surface area contributed by atoms with Gasteiger partial charge in [0.25, 0.3) is 0 Å². The van der Waals surface area contributed by atoms with E-state index < -0.39 is 0 Å². The molecule has 154 valence electrons. The van der Waals surface area contributed by atoms with Gasteiger partial charge in [0, 0.05) is 38.6 Å². The Morgan fingerprint density at radius 3 is 2.62 bits per heavy atom. The van der Waals surface area contributed by atoms with Gasteiger partial charge in [-0.1, -0.05) is 20.8 Å². The molecule has 2 atom stereocenters. The third-order valence-electron chi connectivity index (χ3n) is 4.45. The molecule has 2 N–H and O–H groups in total. The van der Waals surface area contributed by atoms with Gasteiger partial charge in [-0.3, -0.25) is 9.79 Å². The molecule has 0 radical (unpaired) electrons. The maximum absolute atomic E-state index is 11.1. The molecule has 0 aromatic carbocycles. The lowest BCUT2D eigenvalue weighted by molar-refractivity contribution is -0.140. The van der Waals surface area contributed by atoms with Crippen molar-refractivity contribution < 1.29 is 14.3 Å². The number of rotatable bonds is 8. The minimum Gasteiger partial charge on any atom is -0.469 e. The molecule has 7 heteroatoms. The molecule has 1 heterocycles. The molecule has 1 saturated heterocycles. The second kappa shape index (κ2) is 13.6. The molecule has 1 fully saturated rings. The molecular weight excluding hydrogens is 445 g/mol. The van der Waals surface area contributed by atoms with Crippen LogP contribution in [0.15, 0.2) is 4.99 Å². The molecule has 1 aliphatic rings. The fourth-order valence-corrected chi connectivity index (χ4v) is 3.24. The van der Waals surface area contributed by atoms with E-state index in [1.807, 2.05) is 0 Å². The number of methoxy groups -OCH3 is 1. The van der Waals surface area contributed by atoms with Crippen LogP contribution in [0.25, 0.3) is 0 Å². The Balaban J connectivity index is 0.00000625. The fourth-order valence-electron chi connectivity index (χ4n) is 3.24. The number of ether oxygens (including phenoxy) is 2. The maximum atomic E-state index is 11.1. The Morgan fingerprint density at radius 2 is 2.00 bits per heavy atom. The number of hydrogen-bond acceptors (Lipinski definition) is 4. The quantitative estimate of drug-likeness (QED) is 0.182. The number of carbonyl (C=O) groups excluding carboxylic acids is 1. The lowest BCUT2D eigenvalue weighted by Crippen LogP contribution is -2.42. The fraction of sp³-hybridized carbons (Fsp3) is 0.895. The first-order chi connectivity index (χ1) is 11.9. The second-order valence-electron chi connectivity index (χ2n) is 7.74. The van der Waals surface area contributed by atoms with Crippen LogP contribution in [-0.2, 0) is 14.3 Å². The van der Waals surface area contributed by atoms with Gasteiger partial charge in [0.2, 0.25) is 0 Å². The highest BCUT2D eigenvalue weighted by molar-refractivity contribution is 14.0. The summed E-state index contributed by atoms with van der Waals surface area (Å²) in [6.07, 6.45) is 4.75. The van der Waals surface area contributed by atoms with Crippen molar-refractivity contribution in [1.29, 1.82) is 0 Å². The highest BCUT2D eigenvalue weighted by Gasteiger charge is 2.35. The van der Waals surface area contributed by atoms with Crippen molar-refractivity contribution in [3.8, 4) is 0 Å². The number of esters is 1. The molecule has 2 unspecified atom stereocenters. The summed E-state index contributed by atoms with van der Waals surface area (Å²) in [5, 5.41) is 6.64. The van der Waals surface area contributed by atoms with Crippen molar-refractivity contribution >= 4 is 35.9 Å². The highest BCUT2D eigenvalue weighted by Crippen LogP contribution is 2.34. The predicted octanol–water partition coefficient (Wildman–Crippen LogP) is 3.34. The first kappa shape index (κ1) is 25.4. The van der Waals surface area contributed by atoms with Crippen LogP contribution in [0.2, 0.25) is 0 Å². The number of aliphatic imine (C=N–C) groups is 1. The van der Waals surface area contributed by atoms with E-state index in [9.17, 15) is 4.79 Å². The van der Waals surface area contributed by atoms with Crippen molar-refractivity contribution in [2.75, 3.05) is 33.4 Å². The van der Waals surface area contributed by atoms with E-state index in [-0.39, 0.29) is 41.5 Å². The molecule has 0 bridgehead atoms. The number of nitrogens with zero attached hydrogens (tertiary/aromatic N) is 1. The van der Waals surface area contributed by atoms with Gasteiger partial charge in [0.15, 0.2) is 5.96 Å². The van der Waals surface area contributed by atoms with Crippen LogP contribution in [-0.4, -0.2) is 51.4 Å². The van der Waals surface area contributed by atoms with E-state index in [1.54, 1.807) is 0 Å². The molecule has 0 saturated carbocycles. The van der Waals surface area contributed by atoms with Crippen LogP contribution in [0.1, 0.15) is 59.8 Å². The van der Waals surface area contributed by atoms with Gasteiger partial charge >= 0.3 is 5.97 Å². The standard InChI is InChI=1S/C19H37N3O3.HI/c1-6-20-18(21-12-8-7-11-16(23)24-5)22-14-15-10-9-13-25-17(15)19(2,3)4;/h15,17H,6-14H2,1-5H3,(H2,20,21,22);1H. The predicted molar refractivity (Wildman–Crippen MR) is 117 cm³/mol. The molecule has 26 heavy (non-hydrogen) atoms. The molecule has 6 nitrogen and oxygen atoms in total. The number of nitrogens with one attached hydrogen (secondary N) is 2. The Morgan fingerprint density at radius 1 is 1.27 bits per heavy atom. The lowest BCUT2D eigenvalue weighted by atomic mass is 9.78. The molecular formula is C19H38IN3O3. The molecule has 0 amide bonds. The summed E-state index contributed by atoms with van der Waals surface area (Å²) >= 11 is 0. The number of carbonyl (C=O) groups is 1. The maximum Gasteiger partial charge on any atom is 0.305 e. The van der Waals surface area contributed by atoms with Crippen LogP contribution in [0.4, 0.5) is 0 Å². The van der Waals surface area contributed by atoms with Gasteiger partial charge in [-0.15, -0.1) is 24.0 Å². The molecule has 1 aliphatic heterocycles. The monoisotopic (exact) mass is 483 g/mol. The zero-order chi connectivity index (χ0) is 18.7. The van der Waals surface area contributed by atoms with Crippen LogP contribution >= 0.6 is 24.0 Å². The van der Waals surface area contributed by atoms with E-state index in [2.05, 4.69) is 43.1 Å². The van der Waals surface area contributed by atoms with E-state index in [0.717, 1.165) is 51.5 Å². The number of halogens is 1. The first-order valence-electron chi connectivity index (χ1n) is 9.59. The zero-order valence-corrected chi connectivity index (χ0v) is 19.4. The average Bonchev–Trinajstić information content (AvgIpc) is 2.58. The smallest absolute Gasteiger partial charge is 0.305 e. The van der Waals surface area contributed by atoms with Gasteiger partial charge in [-0.2, -0.15) is 0 Å². The summed E-state index contributed by atoms with van der Waals surface area (Å²) in [4.78, 5) is 15.9. The summed E-state index contributed by atoms with van der Waals surface area (Å²) in [5.41, 5.74) is 0.139. The molecule has 0 aromatic rings. The van der Waals surface area contributed by atoms with Crippen molar-refractivity contribution in [2.45, 2.75) is 65.9 Å². The number of unbranched alkanes of at least 4 members (excludes halogenated alkanes) is 1. The van der Waals surface area contributed by atoms with Gasteiger partial charge in [0.05, 0.1) is 13.2 Å². The zero-order valence-electron chi connectivity index (χ0n) is 17.1. The summed E-state index contributed by atoms with van der Waals surface area (Å²) in [7, 11) is 1.43. The van der Waals surface area contributed by atoms with Crippen LogP contribution in [0.3, 0.4) is 0 Å². The summed E-state index contributed by atoms with van der Waals surface area (Å²) in [6, 6.07) is 0. The second-order valence-corrected chi connectivity index (χ2v) is 7.74. The Bertz CT molecular complexity index is 425. The Labute approximate surface area is 176 Å². The first-order valence-corrected chi connectivity index (χ1v) is 9.59. The third-order valence-corrected chi connectivity index (χ3v) is 4.45. The topological polar surface area (TPSA) is 72.0 Å². The third kappa shape index (κ3) is 9.94. The number of hydrogen-bond donors (Lipinski definition) is 2. The van der Waals surface area contributed by atoms with Crippen LogP contribution in [0.5, 0.6) is 0 Å². The van der Waals surface area contributed by atoms with Crippen LogP contribution in [0, 0.1) is 11.3 Å². The average molecular weight is 483 g/mol. The van der Waals surface area contributed by atoms with E-state index in [1.165, 1.54) is 13.5 Å². The normalized spacial score (nSPS) is 20.9. The van der Waals surface area contributed by atoms with Gasteiger partial charge in [-0.25, -0.2) is 0 Å². The van der Waals surface area contributed by atoms with Crippen molar-refractivity contribution in [2.24, 2.45) is 16.3 Å². The van der Waals surface area contributed by atoms with Crippen molar-refractivity contribution in [3.63, 3.8) is 0 Å². The van der Waals surface area contributed by atoms with Gasteiger partial charge in [-0.05, 0) is 38.0 Å².